The van der Waals surface area contributed by atoms with E-state index in [0.29, 0.717) is 22.0 Å². The number of ether oxygens (including phenoxy) is 2. The molecule has 0 fully saturated rings. The van der Waals surface area contributed by atoms with Gasteiger partial charge in [-0.1, -0.05) is 54.1 Å². The molecule has 9 heteroatoms. The highest BCUT2D eigenvalue weighted by Gasteiger charge is 2.33. The maximum atomic E-state index is 13.6. The van der Waals surface area contributed by atoms with Crippen molar-refractivity contribution in [3.63, 3.8) is 0 Å². The molecule has 3 aromatic carbocycles. The van der Waals surface area contributed by atoms with E-state index in [0.717, 1.165) is 16.0 Å². The van der Waals surface area contributed by atoms with Gasteiger partial charge in [0.25, 0.3) is 5.91 Å². The average Bonchev–Trinajstić information content (AvgIpc) is 3.00. The SMILES string of the molecule is COC(=O)c1ccc2c(c1)N(Cc1ccc(Cl)cc1)C(=O)[C@@H](NC(=O)OCc1ccccc1)CS2. The molecule has 180 valence electrons. The Bertz CT molecular complexity index is 1220. The second-order valence-electron chi connectivity index (χ2n) is 7.79. The molecule has 1 aliphatic heterocycles. The fourth-order valence-corrected chi connectivity index (χ4v) is 4.77. The van der Waals surface area contributed by atoms with Gasteiger partial charge in [-0.3, -0.25) is 4.79 Å². The highest BCUT2D eigenvalue weighted by atomic mass is 35.5. The molecule has 0 unspecified atom stereocenters. The molecule has 1 N–H and O–H groups in total. The number of alkyl carbamates (subject to hydrolysis) is 1. The number of hydrogen-bond acceptors (Lipinski definition) is 6. The number of carbonyl (C=O) groups excluding carboxylic acids is 3. The first-order chi connectivity index (χ1) is 16.9. The van der Waals surface area contributed by atoms with Crippen molar-refractivity contribution in [1.29, 1.82) is 0 Å². The number of halogens is 1. The fourth-order valence-electron chi connectivity index (χ4n) is 3.59. The molecule has 0 radical (unpaired) electrons. The summed E-state index contributed by atoms with van der Waals surface area (Å²) >= 11 is 7.44. The molecule has 0 aliphatic carbocycles. The Hall–Kier alpha value is -3.49. The Morgan fingerprint density at radius 3 is 2.51 bits per heavy atom. The summed E-state index contributed by atoms with van der Waals surface area (Å²) in [5.41, 5.74) is 2.58. The summed E-state index contributed by atoms with van der Waals surface area (Å²) in [6.07, 6.45) is -0.680. The van der Waals surface area contributed by atoms with Crippen LogP contribution >= 0.6 is 23.4 Å². The number of thioether (sulfide) groups is 1. The van der Waals surface area contributed by atoms with E-state index in [1.165, 1.54) is 18.9 Å². The van der Waals surface area contributed by atoms with Crippen LogP contribution in [0.2, 0.25) is 5.02 Å². The predicted octanol–water partition coefficient (Wildman–Crippen LogP) is 5.06. The van der Waals surface area contributed by atoms with E-state index in [4.69, 9.17) is 21.1 Å². The molecule has 1 heterocycles. The topological polar surface area (TPSA) is 84.9 Å². The van der Waals surface area contributed by atoms with Gasteiger partial charge in [-0.15, -0.1) is 11.8 Å². The largest absolute Gasteiger partial charge is 0.465 e. The first kappa shape index (κ1) is 24.6. The number of hydrogen-bond donors (Lipinski definition) is 1. The van der Waals surface area contributed by atoms with E-state index in [9.17, 15) is 14.4 Å². The van der Waals surface area contributed by atoms with Crippen molar-refractivity contribution in [2.24, 2.45) is 0 Å². The summed E-state index contributed by atoms with van der Waals surface area (Å²) in [7, 11) is 1.31. The van der Waals surface area contributed by atoms with Crippen LogP contribution in [0.15, 0.2) is 77.7 Å². The van der Waals surface area contributed by atoms with Crippen LogP contribution in [0, 0.1) is 0 Å². The Balaban J connectivity index is 1.58. The van der Waals surface area contributed by atoms with Gasteiger partial charge < -0.3 is 19.7 Å². The zero-order chi connectivity index (χ0) is 24.8. The number of rotatable bonds is 6. The molecule has 1 atom stereocenters. The summed E-state index contributed by atoms with van der Waals surface area (Å²) in [5, 5.41) is 3.29. The van der Waals surface area contributed by atoms with E-state index >= 15 is 0 Å². The third-order valence-corrected chi connectivity index (χ3v) is 6.81. The van der Waals surface area contributed by atoms with Crippen molar-refractivity contribution >= 4 is 47.0 Å². The lowest BCUT2D eigenvalue weighted by Gasteiger charge is -2.26. The minimum absolute atomic E-state index is 0.0952. The van der Waals surface area contributed by atoms with E-state index in [2.05, 4.69) is 5.32 Å². The van der Waals surface area contributed by atoms with E-state index in [1.807, 2.05) is 42.5 Å². The van der Waals surface area contributed by atoms with Crippen LogP contribution in [-0.2, 0) is 27.4 Å². The monoisotopic (exact) mass is 510 g/mol. The van der Waals surface area contributed by atoms with Crippen molar-refractivity contribution in [1.82, 2.24) is 5.32 Å². The molecule has 0 bridgehead atoms. The average molecular weight is 511 g/mol. The van der Waals surface area contributed by atoms with Crippen LogP contribution in [-0.4, -0.2) is 36.9 Å². The standard InChI is InChI=1S/C26H23ClN2O5S/c1-33-25(31)19-9-12-23-22(13-19)29(14-17-7-10-20(27)11-8-17)24(30)21(16-35-23)28-26(32)34-15-18-5-3-2-4-6-18/h2-13,21H,14-16H2,1H3,(H,28,32)/t21-/m0/s1. The number of methoxy groups -OCH3 is 1. The molecule has 0 aromatic heterocycles. The lowest BCUT2D eigenvalue weighted by molar-refractivity contribution is -0.120. The second kappa shape index (κ2) is 11.3. The van der Waals surface area contributed by atoms with Crippen LogP contribution in [0.5, 0.6) is 0 Å². The van der Waals surface area contributed by atoms with Crippen LogP contribution in [0.25, 0.3) is 0 Å². The number of esters is 1. The van der Waals surface area contributed by atoms with Gasteiger partial charge in [0.2, 0.25) is 0 Å². The van der Waals surface area contributed by atoms with Crippen molar-refractivity contribution in [3.05, 3.63) is 94.5 Å². The predicted molar refractivity (Wildman–Crippen MR) is 135 cm³/mol. The van der Waals surface area contributed by atoms with E-state index in [-0.39, 0.29) is 19.1 Å². The third kappa shape index (κ3) is 6.15. The van der Waals surface area contributed by atoms with Gasteiger partial charge in [0.05, 0.1) is 24.9 Å². The highest BCUT2D eigenvalue weighted by molar-refractivity contribution is 7.99. The summed E-state index contributed by atoms with van der Waals surface area (Å²) in [6, 6.07) is 20.7. The summed E-state index contributed by atoms with van der Waals surface area (Å²) < 4.78 is 10.2. The molecule has 2 amide bonds. The number of carbonyl (C=O) groups is 3. The lowest BCUT2D eigenvalue weighted by atomic mass is 10.1. The smallest absolute Gasteiger partial charge is 0.408 e. The molecule has 0 saturated heterocycles. The molecule has 35 heavy (non-hydrogen) atoms. The fraction of sp³-hybridized carbons (Fsp3) is 0.192. The normalized spacial score (nSPS) is 15.1. The lowest BCUT2D eigenvalue weighted by Crippen LogP contribution is -2.49. The Kier molecular flexibility index (Phi) is 7.94. The first-order valence-corrected chi connectivity index (χ1v) is 12.2. The Labute approximate surface area is 212 Å². The van der Waals surface area contributed by atoms with Crippen molar-refractivity contribution in [3.8, 4) is 0 Å². The van der Waals surface area contributed by atoms with Crippen LogP contribution in [0.1, 0.15) is 21.5 Å². The number of benzene rings is 3. The molecular weight excluding hydrogens is 488 g/mol. The number of anilines is 1. The van der Waals surface area contributed by atoms with Crippen molar-refractivity contribution in [2.75, 3.05) is 17.8 Å². The molecule has 4 rings (SSSR count). The molecule has 3 aromatic rings. The quantitative estimate of drug-likeness (QED) is 0.466. The van der Waals surface area contributed by atoms with Crippen LogP contribution in [0.4, 0.5) is 10.5 Å². The summed E-state index contributed by atoms with van der Waals surface area (Å²) in [6.45, 7) is 0.323. The summed E-state index contributed by atoms with van der Waals surface area (Å²) in [4.78, 5) is 40.7. The maximum absolute atomic E-state index is 13.6. The summed E-state index contributed by atoms with van der Waals surface area (Å²) in [5.74, 6) is -0.508. The van der Waals surface area contributed by atoms with Gasteiger partial charge >= 0.3 is 12.1 Å². The zero-order valence-electron chi connectivity index (χ0n) is 18.9. The van der Waals surface area contributed by atoms with Crippen molar-refractivity contribution in [2.45, 2.75) is 24.1 Å². The van der Waals surface area contributed by atoms with Crippen LogP contribution < -0.4 is 10.2 Å². The molecule has 0 saturated carbocycles. The second-order valence-corrected chi connectivity index (χ2v) is 9.29. The van der Waals surface area contributed by atoms with Crippen LogP contribution in [0.3, 0.4) is 0 Å². The van der Waals surface area contributed by atoms with Gasteiger partial charge in [0.15, 0.2) is 0 Å². The highest BCUT2D eigenvalue weighted by Crippen LogP contribution is 2.36. The number of nitrogens with one attached hydrogen (secondary N) is 1. The Morgan fingerprint density at radius 1 is 1.06 bits per heavy atom. The molecule has 1 aliphatic rings. The van der Waals surface area contributed by atoms with Gasteiger partial charge in [-0.05, 0) is 41.5 Å². The van der Waals surface area contributed by atoms with Gasteiger partial charge in [0.1, 0.15) is 12.6 Å². The van der Waals surface area contributed by atoms with Crippen molar-refractivity contribution < 1.29 is 23.9 Å². The zero-order valence-corrected chi connectivity index (χ0v) is 20.5. The van der Waals surface area contributed by atoms with Gasteiger partial charge in [-0.2, -0.15) is 0 Å². The minimum atomic E-state index is -0.829. The number of nitrogens with zero attached hydrogens (tertiary/aromatic N) is 1. The minimum Gasteiger partial charge on any atom is -0.465 e. The number of fused-ring (bicyclic) bond motifs is 1. The maximum Gasteiger partial charge on any atom is 0.408 e. The first-order valence-electron chi connectivity index (χ1n) is 10.8. The third-order valence-electron chi connectivity index (χ3n) is 5.40. The van der Waals surface area contributed by atoms with E-state index in [1.54, 1.807) is 35.2 Å². The number of amides is 2. The molecule has 0 spiro atoms. The molecular formula is C26H23ClN2O5S. The van der Waals surface area contributed by atoms with E-state index < -0.39 is 18.1 Å². The molecule has 7 nitrogen and oxygen atoms in total. The van der Waals surface area contributed by atoms with Gasteiger partial charge in [-0.25, -0.2) is 9.59 Å². The van der Waals surface area contributed by atoms with Gasteiger partial charge in [0, 0.05) is 15.7 Å². The Morgan fingerprint density at radius 2 is 1.80 bits per heavy atom.